The summed E-state index contributed by atoms with van der Waals surface area (Å²) in [5.74, 6) is 0. The SMILES string of the molecule is Cc1ccc(CNc2nnco2)cc1. The maximum atomic E-state index is 4.95. The number of anilines is 1. The summed E-state index contributed by atoms with van der Waals surface area (Å²) in [6.07, 6.45) is 1.30. The molecule has 4 nitrogen and oxygen atoms in total. The zero-order valence-electron chi connectivity index (χ0n) is 7.90. The fraction of sp³-hybridized carbons (Fsp3) is 0.200. The van der Waals surface area contributed by atoms with E-state index in [1.165, 1.54) is 17.5 Å². The van der Waals surface area contributed by atoms with Gasteiger partial charge < -0.3 is 9.73 Å². The summed E-state index contributed by atoms with van der Waals surface area (Å²) >= 11 is 0. The van der Waals surface area contributed by atoms with Crippen LogP contribution in [-0.4, -0.2) is 10.2 Å². The van der Waals surface area contributed by atoms with Gasteiger partial charge in [0.15, 0.2) is 0 Å². The summed E-state index contributed by atoms with van der Waals surface area (Å²) < 4.78 is 4.95. The molecule has 0 amide bonds. The Bertz CT molecular complexity index is 380. The van der Waals surface area contributed by atoms with Crippen LogP contribution in [0.2, 0.25) is 0 Å². The van der Waals surface area contributed by atoms with Crippen molar-refractivity contribution < 1.29 is 4.42 Å². The van der Waals surface area contributed by atoms with Crippen molar-refractivity contribution in [1.29, 1.82) is 0 Å². The maximum Gasteiger partial charge on any atom is 0.315 e. The van der Waals surface area contributed by atoms with E-state index in [1.807, 2.05) is 0 Å². The van der Waals surface area contributed by atoms with Crippen LogP contribution >= 0.6 is 0 Å². The lowest BCUT2D eigenvalue weighted by Gasteiger charge is -2.01. The Morgan fingerprint density at radius 2 is 2.07 bits per heavy atom. The number of hydrogen-bond acceptors (Lipinski definition) is 4. The minimum Gasteiger partial charge on any atom is -0.411 e. The molecule has 2 aromatic rings. The lowest BCUT2D eigenvalue weighted by molar-refractivity contribution is 0.565. The Balaban J connectivity index is 1.95. The normalized spacial score (nSPS) is 10.1. The van der Waals surface area contributed by atoms with Gasteiger partial charge in [0.2, 0.25) is 6.39 Å². The molecule has 0 radical (unpaired) electrons. The van der Waals surface area contributed by atoms with Crippen LogP contribution < -0.4 is 5.32 Å². The second-order valence-corrected chi connectivity index (χ2v) is 3.08. The molecule has 1 heterocycles. The van der Waals surface area contributed by atoms with Crippen LogP contribution in [0.3, 0.4) is 0 Å². The van der Waals surface area contributed by atoms with E-state index in [0.29, 0.717) is 12.6 Å². The molecule has 0 fully saturated rings. The number of aryl methyl sites for hydroxylation is 1. The Kier molecular flexibility index (Phi) is 2.44. The van der Waals surface area contributed by atoms with Gasteiger partial charge >= 0.3 is 6.01 Å². The largest absolute Gasteiger partial charge is 0.411 e. The highest BCUT2D eigenvalue weighted by atomic mass is 16.4. The molecule has 1 N–H and O–H groups in total. The summed E-state index contributed by atoms with van der Waals surface area (Å²) in [6.45, 7) is 2.76. The third kappa shape index (κ3) is 2.10. The van der Waals surface area contributed by atoms with Crippen LogP contribution in [0.25, 0.3) is 0 Å². The molecule has 0 spiro atoms. The van der Waals surface area contributed by atoms with Gasteiger partial charge in [0.05, 0.1) is 0 Å². The van der Waals surface area contributed by atoms with Crippen molar-refractivity contribution in [3.05, 3.63) is 41.8 Å². The van der Waals surface area contributed by atoms with Crippen LogP contribution in [-0.2, 0) is 6.54 Å². The third-order valence-corrected chi connectivity index (χ3v) is 1.92. The topological polar surface area (TPSA) is 51.0 Å². The zero-order valence-corrected chi connectivity index (χ0v) is 7.90. The van der Waals surface area contributed by atoms with Crippen molar-refractivity contribution in [2.75, 3.05) is 5.32 Å². The molecule has 0 unspecified atom stereocenters. The maximum absolute atomic E-state index is 4.95. The van der Waals surface area contributed by atoms with Crippen LogP contribution in [0.15, 0.2) is 35.1 Å². The third-order valence-electron chi connectivity index (χ3n) is 1.92. The van der Waals surface area contributed by atoms with Gasteiger partial charge in [-0.1, -0.05) is 34.9 Å². The van der Waals surface area contributed by atoms with E-state index < -0.39 is 0 Å². The lowest BCUT2D eigenvalue weighted by Crippen LogP contribution is -1.99. The molecule has 1 aromatic carbocycles. The molecule has 14 heavy (non-hydrogen) atoms. The fourth-order valence-electron chi connectivity index (χ4n) is 1.13. The van der Waals surface area contributed by atoms with Crippen molar-refractivity contribution >= 4 is 6.01 Å². The molecule has 4 heteroatoms. The van der Waals surface area contributed by atoms with E-state index in [9.17, 15) is 0 Å². The standard InChI is InChI=1S/C10H11N3O/c1-8-2-4-9(5-3-8)6-11-10-13-12-7-14-10/h2-5,7H,6H2,1H3,(H,11,13). The molecule has 0 saturated carbocycles. The quantitative estimate of drug-likeness (QED) is 0.802. The number of nitrogens with zero attached hydrogens (tertiary/aromatic N) is 2. The van der Waals surface area contributed by atoms with E-state index >= 15 is 0 Å². The molecular formula is C10H11N3O. The van der Waals surface area contributed by atoms with Crippen LogP contribution in [0.1, 0.15) is 11.1 Å². The van der Waals surface area contributed by atoms with Crippen molar-refractivity contribution in [2.24, 2.45) is 0 Å². The summed E-state index contributed by atoms with van der Waals surface area (Å²) in [5.41, 5.74) is 2.44. The first-order valence-corrected chi connectivity index (χ1v) is 4.40. The number of rotatable bonds is 3. The first-order valence-electron chi connectivity index (χ1n) is 4.40. The summed E-state index contributed by atoms with van der Waals surface area (Å²) in [4.78, 5) is 0. The second-order valence-electron chi connectivity index (χ2n) is 3.08. The van der Waals surface area contributed by atoms with Gasteiger partial charge in [-0.2, -0.15) is 0 Å². The molecule has 0 saturated heterocycles. The molecule has 2 rings (SSSR count). The Morgan fingerprint density at radius 3 is 2.71 bits per heavy atom. The highest BCUT2D eigenvalue weighted by Gasteiger charge is 1.97. The van der Waals surface area contributed by atoms with Gasteiger partial charge in [0.1, 0.15) is 0 Å². The van der Waals surface area contributed by atoms with Crippen molar-refractivity contribution in [3.63, 3.8) is 0 Å². The predicted molar refractivity (Wildman–Crippen MR) is 52.8 cm³/mol. The molecule has 0 aliphatic carbocycles. The Labute approximate surface area is 82.0 Å². The lowest BCUT2D eigenvalue weighted by atomic mass is 10.1. The number of hydrogen-bond donors (Lipinski definition) is 1. The van der Waals surface area contributed by atoms with E-state index in [4.69, 9.17) is 4.42 Å². The van der Waals surface area contributed by atoms with Crippen molar-refractivity contribution in [3.8, 4) is 0 Å². The highest BCUT2D eigenvalue weighted by Crippen LogP contribution is 2.06. The van der Waals surface area contributed by atoms with Gasteiger partial charge in [-0.05, 0) is 12.5 Å². The van der Waals surface area contributed by atoms with E-state index in [0.717, 1.165) is 0 Å². The number of aromatic nitrogens is 2. The second kappa shape index (κ2) is 3.91. The van der Waals surface area contributed by atoms with Crippen LogP contribution in [0.5, 0.6) is 0 Å². The smallest absolute Gasteiger partial charge is 0.315 e. The summed E-state index contributed by atoms with van der Waals surface area (Å²) in [5, 5.41) is 10.3. The number of benzene rings is 1. The number of nitrogens with one attached hydrogen (secondary N) is 1. The van der Waals surface area contributed by atoms with Gasteiger partial charge in [-0.15, -0.1) is 5.10 Å². The minimum atomic E-state index is 0.450. The zero-order chi connectivity index (χ0) is 9.80. The van der Waals surface area contributed by atoms with Gasteiger partial charge in [0, 0.05) is 6.54 Å². The minimum absolute atomic E-state index is 0.450. The predicted octanol–water partition coefficient (Wildman–Crippen LogP) is 1.99. The van der Waals surface area contributed by atoms with E-state index in [1.54, 1.807) is 0 Å². The van der Waals surface area contributed by atoms with E-state index in [-0.39, 0.29) is 0 Å². The average Bonchev–Trinajstić information content (AvgIpc) is 2.70. The fourth-order valence-corrected chi connectivity index (χ4v) is 1.13. The Morgan fingerprint density at radius 1 is 1.29 bits per heavy atom. The molecule has 72 valence electrons. The average molecular weight is 189 g/mol. The molecule has 1 aromatic heterocycles. The van der Waals surface area contributed by atoms with Gasteiger partial charge in [-0.3, -0.25) is 0 Å². The summed E-state index contributed by atoms with van der Waals surface area (Å²) in [7, 11) is 0. The van der Waals surface area contributed by atoms with Crippen LogP contribution in [0, 0.1) is 6.92 Å². The molecule has 0 bridgehead atoms. The molecule has 0 aliphatic rings. The van der Waals surface area contributed by atoms with Crippen molar-refractivity contribution in [2.45, 2.75) is 13.5 Å². The Hall–Kier alpha value is -1.84. The highest BCUT2D eigenvalue weighted by molar-refractivity contribution is 5.25. The first kappa shape index (κ1) is 8.74. The first-order chi connectivity index (χ1) is 6.84. The molecule has 0 atom stereocenters. The molecular weight excluding hydrogens is 178 g/mol. The van der Waals surface area contributed by atoms with Gasteiger partial charge in [-0.25, -0.2) is 0 Å². The van der Waals surface area contributed by atoms with Crippen molar-refractivity contribution in [1.82, 2.24) is 10.2 Å². The van der Waals surface area contributed by atoms with E-state index in [2.05, 4.69) is 46.7 Å². The summed E-state index contributed by atoms with van der Waals surface area (Å²) in [6, 6.07) is 8.73. The van der Waals surface area contributed by atoms with Gasteiger partial charge in [0.25, 0.3) is 0 Å². The monoisotopic (exact) mass is 189 g/mol. The van der Waals surface area contributed by atoms with Crippen LogP contribution in [0.4, 0.5) is 6.01 Å². The molecule has 0 aliphatic heterocycles.